The molecule has 1 aliphatic heterocycles. The van der Waals surface area contributed by atoms with Crippen molar-refractivity contribution < 1.29 is 4.52 Å². The van der Waals surface area contributed by atoms with Gasteiger partial charge in [-0.3, -0.25) is 0 Å². The molecule has 140 valence electrons. The molecule has 4 rings (SSSR count). The third-order valence-electron chi connectivity index (χ3n) is 4.88. The van der Waals surface area contributed by atoms with Gasteiger partial charge in [-0.25, -0.2) is 4.98 Å². The van der Waals surface area contributed by atoms with E-state index in [0.717, 1.165) is 49.6 Å². The first kappa shape index (κ1) is 17.7. The highest BCUT2D eigenvalue weighted by atomic mass is 16.5. The minimum absolute atomic E-state index is 0.529. The molecule has 2 N–H and O–H groups in total. The standard InChI is InChI=1S/C21H25N5O/c1-2-6-16(7-3-1)8-4-10-20-25-21(27-26-20)17-11-12-19(23-14-17)24-15-18-9-5-13-22-18/h1-3,6-7,11-12,14,18,22H,4-5,8-10,13,15H2,(H,23,24)/t18-/m1/s1. The first-order valence-corrected chi connectivity index (χ1v) is 9.67. The zero-order valence-electron chi connectivity index (χ0n) is 15.4. The van der Waals surface area contributed by atoms with Gasteiger partial charge < -0.3 is 15.2 Å². The molecule has 27 heavy (non-hydrogen) atoms. The molecule has 0 amide bonds. The van der Waals surface area contributed by atoms with Crippen LogP contribution in [0.25, 0.3) is 11.5 Å². The molecule has 0 bridgehead atoms. The maximum Gasteiger partial charge on any atom is 0.259 e. The number of hydrogen-bond acceptors (Lipinski definition) is 6. The van der Waals surface area contributed by atoms with E-state index in [1.807, 2.05) is 18.2 Å². The summed E-state index contributed by atoms with van der Waals surface area (Å²) >= 11 is 0. The SMILES string of the molecule is c1ccc(CCCc2noc(-c3ccc(NC[C@H]4CCCN4)nc3)n2)cc1. The third kappa shape index (κ3) is 4.92. The summed E-state index contributed by atoms with van der Waals surface area (Å²) in [6.07, 6.45) is 7.08. The van der Waals surface area contributed by atoms with Crippen molar-refractivity contribution in [1.29, 1.82) is 0 Å². The van der Waals surface area contributed by atoms with E-state index >= 15 is 0 Å². The summed E-state index contributed by atoms with van der Waals surface area (Å²) in [6.45, 7) is 2.02. The Hall–Kier alpha value is -2.73. The van der Waals surface area contributed by atoms with Crippen LogP contribution in [0.5, 0.6) is 0 Å². The van der Waals surface area contributed by atoms with Gasteiger partial charge in [-0.15, -0.1) is 0 Å². The Bertz CT molecular complexity index is 825. The third-order valence-corrected chi connectivity index (χ3v) is 4.88. The minimum atomic E-state index is 0.529. The molecule has 0 unspecified atom stereocenters. The van der Waals surface area contributed by atoms with E-state index in [1.165, 1.54) is 18.4 Å². The zero-order chi connectivity index (χ0) is 18.3. The van der Waals surface area contributed by atoms with Gasteiger partial charge in [0.2, 0.25) is 0 Å². The summed E-state index contributed by atoms with van der Waals surface area (Å²) < 4.78 is 5.40. The van der Waals surface area contributed by atoms with Crippen molar-refractivity contribution in [3.63, 3.8) is 0 Å². The second kappa shape index (κ2) is 8.77. The molecular weight excluding hydrogens is 338 g/mol. The molecule has 1 atom stereocenters. The van der Waals surface area contributed by atoms with Gasteiger partial charge in [-0.1, -0.05) is 35.5 Å². The molecule has 1 aliphatic rings. The Morgan fingerprint density at radius 2 is 2.04 bits per heavy atom. The highest BCUT2D eigenvalue weighted by molar-refractivity contribution is 5.54. The Balaban J connectivity index is 1.28. The molecule has 6 heteroatoms. The van der Waals surface area contributed by atoms with E-state index in [9.17, 15) is 0 Å². The molecule has 1 saturated heterocycles. The lowest BCUT2D eigenvalue weighted by molar-refractivity contribution is 0.421. The van der Waals surface area contributed by atoms with Crippen LogP contribution in [0, 0.1) is 0 Å². The number of aromatic nitrogens is 3. The summed E-state index contributed by atoms with van der Waals surface area (Å²) in [5.74, 6) is 2.15. The van der Waals surface area contributed by atoms with Gasteiger partial charge in [0.15, 0.2) is 5.82 Å². The van der Waals surface area contributed by atoms with Crippen LogP contribution in [-0.4, -0.2) is 34.3 Å². The van der Waals surface area contributed by atoms with E-state index in [4.69, 9.17) is 4.52 Å². The average molecular weight is 363 g/mol. The Morgan fingerprint density at radius 1 is 1.11 bits per heavy atom. The van der Waals surface area contributed by atoms with E-state index in [2.05, 4.69) is 50.0 Å². The molecule has 2 aromatic heterocycles. The molecule has 0 saturated carbocycles. The first-order valence-electron chi connectivity index (χ1n) is 9.67. The molecule has 3 heterocycles. The molecule has 0 aliphatic carbocycles. The molecule has 0 radical (unpaired) electrons. The predicted octanol–water partition coefficient (Wildman–Crippen LogP) is 3.47. The molecule has 1 fully saturated rings. The second-order valence-corrected chi connectivity index (χ2v) is 6.96. The van der Waals surface area contributed by atoms with Crippen LogP contribution in [0.3, 0.4) is 0 Å². The fourth-order valence-corrected chi connectivity index (χ4v) is 3.35. The lowest BCUT2D eigenvalue weighted by Crippen LogP contribution is -2.29. The van der Waals surface area contributed by atoms with E-state index in [0.29, 0.717) is 11.9 Å². The van der Waals surface area contributed by atoms with Crippen molar-refractivity contribution in [1.82, 2.24) is 20.4 Å². The summed E-state index contributed by atoms with van der Waals surface area (Å²) in [5.41, 5.74) is 2.18. The predicted molar refractivity (Wildman–Crippen MR) is 106 cm³/mol. The minimum Gasteiger partial charge on any atom is -0.369 e. The number of rotatable bonds is 8. The molecule has 0 spiro atoms. The Kier molecular flexibility index (Phi) is 5.74. The summed E-state index contributed by atoms with van der Waals surface area (Å²) in [7, 11) is 0. The Labute approximate surface area is 159 Å². The maximum atomic E-state index is 5.40. The lowest BCUT2D eigenvalue weighted by atomic mass is 10.1. The fraction of sp³-hybridized carbons (Fsp3) is 0.381. The van der Waals surface area contributed by atoms with Crippen molar-refractivity contribution >= 4 is 5.82 Å². The van der Waals surface area contributed by atoms with Gasteiger partial charge in [0.1, 0.15) is 5.82 Å². The maximum absolute atomic E-state index is 5.40. The van der Waals surface area contributed by atoms with Gasteiger partial charge in [0.05, 0.1) is 5.56 Å². The summed E-state index contributed by atoms with van der Waals surface area (Å²) in [4.78, 5) is 8.96. The van der Waals surface area contributed by atoms with Crippen molar-refractivity contribution in [3.05, 3.63) is 60.0 Å². The van der Waals surface area contributed by atoms with Gasteiger partial charge >= 0.3 is 0 Å². The number of nitrogens with zero attached hydrogens (tertiary/aromatic N) is 3. The summed E-state index contributed by atoms with van der Waals surface area (Å²) in [5, 5.41) is 10.9. The second-order valence-electron chi connectivity index (χ2n) is 6.96. The number of benzene rings is 1. The highest BCUT2D eigenvalue weighted by Crippen LogP contribution is 2.18. The highest BCUT2D eigenvalue weighted by Gasteiger charge is 2.14. The smallest absolute Gasteiger partial charge is 0.259 e. The average Bonchev–Trinajstić information content (AvgIpc) is 3.40. The van der Waals surface area contributed by atoms with E-state index in [1.54, 1.807) is 6.20 Å². The first-order chi connectivity index (χ1) is 13.4. The van der Waals surface area contributed by atoms with Crippen LogP contribution >= 0.6 is 0 Å². The molecular formula is C21H25N5O. The van der Waals surface area contributed by atoms with Gasteiger partial charge in [-0.2, -0.15) is 4.98 Å². The van der Waals surface area contributed by atoms with Crippen molar-refractivity contribution in [2.24, 2.45) is 0 Å². The largest absolute Gasteiger partial charge is 0.369 e. The number of hydrogen-bond donors (Lipinski definition) is 2. The van der Waals surface area contributed by atoms with Crippen LogP contribution in [-0.2, 0) is 12.8 Å². The number of aryl methyl sites for hydroxylation is 2. The Morgan fingerprint density at radius 3 is 2.81 bits per heavy atom. The van der Waals surface area contributed by atoms with Crippen LogP contribution in [0.2, 0.25) is 0 Å². The van der Waals surface area contributed by atoms with Crippen LogP contribution in [0.4, 0.5) is 5.82 Å². The molecule has 1 aromatic carbocycles. The molecule has 3 aromatic rings. The summed E-state index contributed by atoms with van der Waals surface area (Å²) in [6, 6.07) is 14.9. The zero-order valence-corrected chi connectivity index (χ0v) is 15.4. The van der Waals surface area contributed by atoms with Gasteiger partial charge in [0, 0.05) is 25.2 Å². The van der Waals surface area contributed by atoms with Crippen molar-refractivity contribution in [2.45, 2.75) is 38.1 Å². The van der Waals surface area contributed by atoms with Crippen molar-refractivity contribution in [2.75, 3.05) is 18.4 Å². The molecule has 6 nitrogen and oxygen atoms in total. The van der Waals surface area contributed by atoms with Crippen molar-refractivity contribution in [3.8, 4) is 11.5 Å². The van der Waals surface area contributed by atoms with E-state index < -0.39 is 0 Å². The van der Waals surface area contributed by atoms with E-state index in [-0.39, 0.29) is 0 Å². The topological polar surface area (TPSA) is 75.9 Å². The number of nitrogens with one attached hydrogen (secondary N) is 2. The lowest BCUT2D eigenvalue weighted by Gasteiger charge is -2.11. The van der Waals surface area contributed by atoms with Crippen LogP contribution in [0.1, 0.15) is 30.7 Å². The monoisotopic (exact) mass is 363 g/mol. The number of pyridine rings is 1. The van der Waals surface area contributed by atoms with Gasteiger partial charge in [-0.05, 0) is 49.9 Å². The fourth-order valence-electron chi connectivity index (χ4n) is 3.35. The normalized spacial score (nSPS) is 16.5. The van der Waals surface area contributed by atoms with Gasteiger partial charge in [0.25, 0.3) is 5.89 Å². The van der Waals surface area contributed by atoms with Crippen LogP contribution < -0.4 is 10.6 Å². The number of anilines is 1. The van der Waals surface area contributed by atoms with Crippen LogP contribution in [0.15, 0.2) is 53.2 Å². The quantitative estimate of drug-likeness (QED) is 0.638.